The Morgan fingerprint density at radius 2 is 1.81 bits per heavy atom. The molecule has 3 unspecified atom stereocenters. The van der Waals surface area contributed by atoms with Crippen molar-refractivity contribution in [3.8, 4) is 0 Å². The Morgan fingerprint density at radius 3 is 2.33 bits per heavy atom. The Morgan fingerprint density at radius 1 is 1.24 bits per heavy atom. The van der Waals surface area contributed by atoms with Gasteiger partial charge in [0.15, 0.2) is 0 Å². The van der Waals surface area contributed by atoms with Crippen LogP contribution in [0.25, 0.3) is 0 Å². The Labute approximate surface area is 129 Å². The largest absolute Gasteiger partial charge is 0.393 e. The van der Waals surface area contributed by atoms with Crippen LogP contribution >= 0.6 is 12.2 Å². The summed E-state index contributed by atoms with van der Waals surface area (Å²) in [4.78, 5) is 15.1. The van der Waals surface area contributed by atoms with Gasteiger partial charge < -0.3 is 15.7 Å². The van der Waals surface area contributed by atoms with Crippen molar-refractivity contribution in [3.63, 3.8) is 0 Å². The van der Waals surface area contributed by atoms with Gasteiger partial charge >= 0.3 is 0 Å². The first-order valence-electron chi connectivity index (χ1n) is 7.42. The molecule has 3 atom stereocenters. The van der Waals surface area contributed by atoms with Crippen LogP contribution in [0, 0.1) is 0 Å². The van der Waals surface area contributed by atoms with Gasteiger partial charge in [-0.05, 0) is 31.2 Å². The number of nitrogens with zero attached hydrogens (tertiary/aromatic N) is 1. The Kier molecular flexibility index (Phi) is 3.95. The molecule has 2 bridgehead atoms. The number of aliphatic hydroxyl groups excluding tert-OH is 1. The molecule has 0 aliphatic carbocycles. The SMILES string of the molecule is NC(=S)C(C(=O)N1C2CCC1CC(O)C2)c1ccccc1. The molecule has 0 aromatic heterocycles. The highest BCUT2D eigenvalue weighted by Gasteiger charge is 2.45. The van der Waals surface area contributed by atoms with Gasteiger partial charge in [0.1, 0.15) is 5.92 Å². The average Bonchev–Trinajstić information content (AvgIpc) is 2.72. The number of carbonyl (C=O) groups is 1. The maximum Gasteiger partial charge on any atom is 0.237 e. The van der Waals surface area contributed by atoms with Crippen LogP contribution in [0.2, 0.25) is 0 Å². The minimum absolute atomic E-state index is 0.00639. The lowest BCUT2D eigenvalue weighted by Gasteiger charge is -2.39. The summed E-state index contributed by atoms with van der Waals surface area (Å²) in [5.74, 6) is -0.562. The molecule has 2 fully saturated rings. The predicted molar refractivity (Wildman–Crippen MR) is 84.9 cm³/mol. The molecule has 112 valence electrons. The fraction of sp³-hybridized carbons (Fsp3) is 0.500. The summed E-state index contributed by atoms with van der Waals surface area (Å²) in [6.45, 7) is 0. The predicted octanol–water partition coefficient (Wildman–Crippen LogP) is 1.57. The van der Waals surface area contributed by atoms with E-state index in [1.165, 1.54) is 0 Å². The highest BCUT2D eigenvalue weighted by atomic mass is 32.1. The van der Waals surface area contributed by atoms with E-state index in [1.54, 1.807) is 0 Å². The fourth-order valence-electron chi connectivity index (χ4n) is 3.73. The zero-order valence-electron chi connectivity index (χ0n) is 11.8. The number of amides is 1. The van der Waals surface area contributed by atoms with Gasteiger partial charge in [-0.3, -0.25) is 4.79 Å². The lowest BCUT2D eigenvalue weighted by Crippen LogP contribution is -2.51. The molecule has 21 heavy (non-hydrogen) atoms. The number of benzene rings is 1. The molecule has 2 saturated heterocycles. The standard InChI is InChI=1S/C16H20N2O2S/c17-15(21)14(10-4-2-1-3-5-10)16(20)18-11-6-7-12(18)9-13(19)8-11/h1-5,11-14,19H,6-9H2,(H2,17,21). The summed E-state index contributed by atoms with van der Waals surface area (Å²) in [6.07, 6.45) is 2.98. The molecule has 5 heteroatoms. The third-order valence-corrected chi connectivity index (χ3v) is 4.86. The first kappa shape index (κ1) is 14.5. The molecule has 2 aliphatic rings. The number of carbonyl (C=O) groups excluding carboxylic acids is 1. The number of hydrogen-bond donors (Lipinski definition) is 2. The molecule has 2 aliphatic heterocycles. The number of fused-ring (bicyclic) bond motifs is 2. The molecular formula is C16H20N2O2S. The van der Waals surface area contributed by atoms with Gasteiger partial charge in [-0.25, -0.2) is 0 Å². The Hall–Kier alpha value is -1.46. The van der Waals surface area contributed by atoms with Gasteiger partial charge in [-0.15, -0.1) is 0 Å². The number of hydrogen-bond acceptors (Lipinski definition) is 3. The molecular weight excluding hydrogens is 284 g/mol. The smallest absolute Gasteiger partial charge is 0.237 e. The van der Waals surface area contributed by atoms with Crippen molar-refractivity contribution < 1.29 is 9.90 Å². The van der Waals surface area contributed by atoms with Gasteiger partial charge in [-0.2, -0.15) is 0 Å². The summed E-state index contributed by atoms with van der Waals surface area (Å²) in [6, 6.07) is 9.74. The maximum atomic E-state index is 13.0. The molecule has 0 saturated carbocycles. The molecule has 0 radical (unpaired) electrons. The lowest BCUT2D eigenvalue weighted by molar-refractivity contribution is -0.137. The van der Waals surface area contributed by atoms with Gasteiger partial charge in [0.05, 0.1) is 11.1 Å². The fourth-order valence-corrected chi connectivity index (χ4v) is 3.97. The number of rotatable bonds is 3. The third-order valence-electron chi connectivity index (χ3n) is 4.63. The van der Waals surface area contributed by atoms with Gasteiger partial charge in [0.25, 0.3) is 0 Å². The molecule has 3 rings (SSSR count). The molecule has 2 heterocycles. The van der Waals surface area contributed by atoms with Crippen LogP contribution in [0.1, 0.15) is 37.2 Å². The van der Waals surface area contributed by atoms with E-state index in [9.17, 15) is 9.90 Å². The lowest BCUT2D eigenvalue weighted by atomic mass is 9.93. The zero-order valence-corrected chi connectivity index (χ0v) is 12.6. The molecule has 4 nitrogen and oxygen atoms in total. The van der Waals surface area contributed by atoms with Crippen molar-refractivity contribution in [1.29, 1.82) is 0 Å². The van der Waals surface area contributed by atoms with E-state index in [-0.39, 0.29) is 29.1 Å². The minimum atomic E-state index is -0.556. The molecule has 3 N–H and O–H groups in total. The summed E-state index contributed by atoms with van der Waals surface area (Å²) < 4.78 is 0. The number of aliphatic hydroxyl groups is 1. The molecule has 1 aromatic rings. The average molecular weight is 304 g/mol. The van der Waals surface area contributed by atoms with Crippen molar-refractivity contribution in [1.82, 2.24) is 4.90 Å². The van der Waals surface area contributed by atoms with Crippen molar-refractivity contribution in [2.45, 2.75) is 49.8 Å². The normalized spacial score (nSPS) is 29.2. The van der Waals surface area contributed by atoms with E-state index in [2.05, 4.69) is 0 Å². The van der Waals surface area contributed by atoms with Crippen molar-refractivity contribution >= 4 is 23.1 Å². The highest BCUT2D eigenvalue weighted by Crippen LogP contribution is 2.38. The van der Waals surface area contributed by atoms with Crippen LogP contribution in [0.15, 0.2) is 30.3 Å². The van der Waals surface area contributed by atoms with Crippen molar-refractivity contribution in [3.05, 3.63) is 35.9 Å². The summed E-state index contributed by atoms with van der Waals surface area (Å²) in [7, 11) is 0. The number of nitrogens with two attached hydrogens (primary N) is 1. The topological polar surface area (TPSA) is 66.6 Å². The second kappa shape index (κ2) is 5.73. The van der Waals surface area contributed by atoms with Crippen LogP contribution in [0.5, 0.6) is 0 Å². The van der Waals surface area contributed by atoms with E-state index in [0.717, 1.165) is 18.4 Å². The first-order valence-corrected chi connectivity index (χ1v) is 7.83. The zero-order chi connectivity index (χ0) is 15.0. The molecule has 1 amide bonds. The third kappa shape index (κ3) is 2.68. The van der Waals surface area contributed by atoms with Crippen LogP contribution in [-0.2, 0) is 4.79 Å². The van der Waals surface area contributed by atoms with Crippen molar-refractivity contribution in [2.75, 3.05) is 0 Å². The van der Waals surface area contributed by atoms with E-state index in [4.69, 9.17) is 18.0 Å². The summed E-state index contributed by atoms with van der Waals surface area (Å²) >= 11 is 5.15. The van der Waals surface area contributed by atoms with Crippen LogP contribution in [0.3, 0.4) is 0 Å². The second-order valence-electron chi connectivity index (χ2n) is 6.00. The van der Waals surface area contributed by atoms with E-state index < -0.39 is 5.92 Å². The van der Waals surface area contributed by atoms with Gasteiger partial charge in [-0.1, -0.05) is 42.5 Å². The summed E-state index contributed by atoms with van der Waals surface area (Å²) in [5, 5.41) is 9.87. The van der Waals surface area contributed by atoms with E-state index in [0.29, 0.717) is 12.8 Å². The van der Waals surface area contributed by atoms with Gasteiger partial charge in [0.2, 0.25) is 5.91 Å². The first-order chi connectivity index (χ1) is 10.1. The van der Waals surface area contributed by atoms with Crippen LogP contribution in [0.4, 0.5) is 0 Å². The molecule has 0 spiro atoms. The maximum absolute atomic E-state index is 13.0. The van der Waals surface area contributed by atoms with Crippen LogP contribution < -0.4 is 5.73 Å². The van der Waals surface area contributed by atoms with Crippen LogP contribution in [-0.4, -0.2) is 39.1 Å². The van der Waals surface area contributed by atoms with Crippen molar-refractivity contribution in [2.24, 2.45) is 5.73 Å². The van der Waals surface area contributed by atoms with E-state index in [1.807, 2.05) is 35.2 Å². The van der Waals surface area contributed by atoms with E-state index >= 15 is 0 Å². The Balaban J connectivity index is 1.88. The highest BCUT2D eigenvalue weighted by molar-refractivity contribution is 7.80. The molecule has 1 aromatic carbocycles. The van der Waals surface area contributed by atoms with Gasteiger partial charge in [0, 0.05) is 12.1 Å². The monoisotopic (exact) mass is 304 g/mol. The number of piperidine rings is 1. The second-order valence-corrected chi connectivity index (χ2v) is 6.47. The minimum Gasteiger partial charge on any atom is -0.393 e. The number of thiocarbonyl (C=S) groups is 1. The Bertz CT molecular complexity index is 534. The quantitative estimate of drug-likeness (QED) is 0.832. The summed E-state index contributed by atoms with van der Waals surface area (Å²) in [5.41, 5.74) is 6.70.